The Bertz CT molecular complexity index is 714. The largest absolute Gasteiger partial charge is 0.491 e. The van der Waals surface area contributed by atoms with Crippen LogP contribution >= 0.6 is 0 Å². The first kappa shape index (κ1) is 20.5. The summed E-state index contributed by atoms with van der Waals surface area (Å²) in [5.41, 5.74) is 0.305. The van der Waals surface area contributed by atoms with Crippen molar-refractivity contribution in [2.75, 3.05) is 26.4 Å². The minimum Gasteiger partial charge on any atom is -0.491 e. The number of hydrogen-bond donors (Lipinski definition) is 1. The van der Waals surface area contributed by atoms with Crippen molar-refractivity contribution in [3.05, 3.63) is 30.1 Å². The van der Waals surface area contributed by atoms with Crippen LogP contribution in [0.2, 0.25) is 0 Å². The van der Waals surface area contributed by atoms with Crippen LogP contribution < -0.4 is 10.1 Å². The predicted molar refractivity (Wildman–Crippen MR) is 98.3 cm³/mol. The van der Waals surface area contributed by atoms with E-state index in [4.69, 9.17) is 14.2 Å². The third-order valence-corrected chi connectivity index (χ3v) is 3.10. The maximum atomic E-state index is 11.4. The van der Waals surface area contributed by atoms with Gasteiger partial charge in [-0.2, -0.15) is 0 Å². The standard InChI is InChI=1S/C18H25N5O4/c1-13-20-22-16(23-21-13)14-5-7-15(8-6-14)26-12-11-25-10-9-19-17(24)27-18(2,3)4/h5-8H,9-12H2,1-4H3,(H,19,24). The molecule has 0 fully saturated rings. The summed E-state index contributed by atoms with van der Waals surface area (Å²) >= 11 is 0. The fourth-order valence-electron chi connectivity index (χ4n) is 1.96. The molecule has 0 aliphatic carbocycles. The fourth-order valence-corrected chi connectivity index (χ4v) is 1.96. The number of amides is 1. The molecule has 0 spiro atoms. The van der Waals surface area contributed by atoms with E-state index in [2.05, 4.69) is 25.7 Å². The summed E-state index contributed by atoms with van der Waals surface area (Å²) in [4.78, 5) is 11.4. The molecule has 1 heterocycles. The monoisotopic (exact) mass is 375 g/mol. The second kappa shape index (κ2) is 9.77. The van der Waals surface area contributed by atoms with Crippen LogP contribution in [0.1, 0.15) is 26.6 Å². The first-order chi connectivity index (χ1) is 12.8. The molecule has 2 aromatic rings. The molecule has 27 heavy (non-hydrogen) atoms. The van der Waals surface area contributed by atoms with Crippen molar-refractivity contribution in [3.8, 4) is 17.1 Å². The Morgan fingerprint density at radius 2 is 1.67 bits per heavy atom. The van der Waals surface area contributed by atoms with Crippen LogP contribution in [0.4, 0.5) is 4.79 Å². The highest BCUT2D eigenvalue weighted by molar-refractivity contribution is 5.67. The Kier molecular flexibility index (Phi) is 7.42. The molecule has 1 aromatic carbocycles. The third kappa shape index (κ3) is 7.95. The first-order valence-corrected chi connectivity index (χ1v) is 8.65. The third-order valence-electron chi connectivity index (χ3n) is 3.10. The average molecular weight is 375 g/mol. The number of aryl methyl sites for hydroxylation is 1. The summed E-state index contributed by atoms with van der Waals surface area (Å²) in [6, 6.07) is 7.33. The minimum absolute atomic E-state index is 0.377. The molecule has 9 heteroatoms. The van der Waals surface area contributed by atoms with Crippen molar-refractivity contribution in [2.45, 2.75) is 33.3 Å². The highest BCUT2D eigenvalue weighted by atomic mass is 16.6. The number of alkyl carbamates (subject to hydrolysis) is 1. The van der Waals surface area contributed by atoms with Crippen molar-refractivity contribution < 1.29 is 19.0 Å². The average Bonchev–Trinajstić information content (AvgIpc) is 2.61. The lowest BCUT2D eigenvalue weighted by Crippen LogP contribution is -2.34. The molecule has 0 aliphatic heterocycles. The molecular formula is C18H25N5O4. The van der Waals surface area contributed by atoms with Crippen LogP contribution in [0, 0.1) is 6.92 Å². The van der Waals surface area contributed by atoms with Gasteiger partial charge in [0.25, 0.3) is 0 Å². The molecule has 9 nitrogen and oxygen atoms in total. The molecule has 0 bridgehead atoms. The van der Waals surface area contributed by atoms with E-state index in [1.807, 2.05) is 45.0 Å². The number of nitrogens with one attached hydrogen (secondary N) is 1. The van der Waals surface area contributed by atoms with Gasteiger partial charge >= 0.3 is 6.09 Å². The van der Waals surface area contributed by atoms with Gasteiger partial charge in [-0.05, 0) is 52.0 Å². The van der Waals surface area contributed by atoms with Crippen LogP contribution in [0.25, 0.3) is 11.4 Å². The van der Waals surface area contributed by atoms with Gasteiger partial charge in [-0.15, -0.1) is 20.4 Å². The van der Waals surface area contributed by atoms with E-state index in [-0.39, 0.29) is 0 Å². The van der Waals surface area contributed by atoms with Crippen LogP contribution in [0.5, 0.6) is 5.75 Å². The smallest absolute Gasteiger partial charge is 0.407 e. The zero-order valence-electron chi connectivity index (χ0n) is 16.1. The topological polar surface area (TPSA) is 108 Å². The number of carbonyl (C=O) groups is 1. The van der Waals surface area contributed by atoms with E-state index >= 15 is 0 Å². The minimum atomic E-state index is -0.507. The highest BCUT2D eigenvalue weighted by Crippen LogP contribution is 2.18. The Morgan fingerprint density at radius 1 is 1.00 bits per heavy atom. The molecule has 0 unspecified atom stereocenters. The second-order valence-corrected chi connectivity index (χ2v) is 6.68. The molecule has 2 rings (SSSR count). The van der Waals surface area contributed by atoms with E-state index in [1.54, 1.807) is 6.92 Å². The van der Waals surface area contributed by atoms with Gasteiger partial charge in [0, 0.05) is 12.1 Å². The Hall–Kier alpha value is -2.81. The number of ether oxygens (including phenoxy) is 3. The van der Waals surface area contributed by atoms with Crippen LogP contribution in [-0.4, -0.2) is 58.5 Å². The normalized spacial score (nSPS) is 11.1. The lowest BCUT2D eigenvalue weighted by Gasteiger charge is -2.19. The summed E-state index contributed by atoms with van der Waals surface area (Å²) in [5, 5.41) is 18.4. The predicted octanol–water partition coefficient (Wildman–Crippen LogP) is 2.16. The molecule has 0 atom stereocenters. The van der Waals surface area contributed by atoms with Crippen molar-refractivity contribution in [3.63, 3.8) is 0 Å². The number of hydrogen-bond acceptors (Lipinski definition) is 8. The van der Waals surface area contributed by atoms with Crippen LogP contribution in [-0.2, 0) is 9.47 Å². The van der Waals surface area contributed by atoms with E-state index in [0.29, 0.717) is 43.8 Å². The van der Waals surface area contributed by atoms with Crippen molar-refractivity contribution in [2.24, 2.45) is 0 Å². The van der Waals surface area contributed by atoms with E-state index < -0.39 is 11.7 Å². The number of aromatic nitrogens is 4. The molecule has 0 radical (unpaired) electrons. The fraction of sp³-hybridized carbons (Fsp3) is 0.500. The van der Waals surface area contributed by atoms with Crippen molar-refractivity contribution in [1.82, 2.24) is 25.7 Å². The first-order valence-electron chi connectivity index (χ1n) is 8.65. The molecular weight excluding hydrogens is 350 g/mol. The highest BCUT2D eigenvalue weighted by Gasteiger charge is 2.15. The maximum absolute atomic E-state index is 11.4. The summed E-state index contributed by atoms with van der Waals surface area (Å²) in [5.74, 6) is 1.70. The van der Waals surface area contributed by atoms with Gasteiger partial charge in [0.05, 0.1) is 13.2 Å². The lowest BCUT2D eigenvalue weighted by atomic mass is 10.2. The summed E-state index contributed by atoms with van der Waals surface area (Å²) in [7, 11) is 0. The molecule has 146 valence electrons. The van der Waals surface area contributed by atoms with Gasteiger partial charge < -0.3 is 19.5 Å². The molecule has 1 amide bonds. The van der Waals surface area contributed by atoms with Gasteiger partial charge in [-0.25, -0.2) is 4.79 Å². The van der Waals surface area contributed by atoms with E-state index in [1.165, 1.54) is 0 Å². The zero-order valence-corrected chi connectivity index (χ0v) is 16.1. The van der Waals surface area contributed by atoms with Crippen LogP contribution in [0.15, 0.2) is 24.3 Å². The molecule has 1 aromatic heterocycles. The quantitative estimate of drug-likeness (QED) is 0.699. The summed E-state index contributed by atoms with van der Waals surface area (Å²) in [6.45, 7) is 8.74. The summed E-state index contributed by atoms with van der Waals surface area (Å²) < 4.78 is 16.1. The van der Waals surface area contributed by atoms with Crippen molar-refractivity contribution >= 4 is 6.09 Å². The Balaban J connectivity index is 1.61. The number of carbonyl (C=O) groups excluding carboxylic acids is 1. The maximum Gasteiger partial charge on any atom is 0.407 e. The van der Waals surface area contributed by atoms with Crippen molar-refractivity contribution in [1.29, 1.82) is 0 Å². The SMILES string of the molecule is Cc1nnc(-c2ccc(OCCOCCNC(=O)OC(C)(C)C)cc2)nn1. The van der Waals surface area contributed by atoms with Gasteiger partial charge in [0.2, 0.25) is 5.82 Å². The number of nitrogens with zero attached hydrogens (tertiary/aromatic N) is 4. The van der Waals surface area contributed by atoms with E-state index in [0.717, 1.165) is 5.56 Å². The van der Waals surface area contributed by atoms with Gasteiger partial charge in [0.15, 0.2) is 5.82 Å². The van der Waals surface area contributed by atoms with Gasteiger partial charge in [-0.3, -0.25) is 0 Å². The van der Waals surface area contributed by atoms with Gasteiger partial charge in [-0.1, -0.05) is 0 Å². The van der Waals surface area contributed by atoms with Crippen LogP contribution in [0.3, 0.4) is 0 Å². The zero-order chi connectivity index (χ0) is 19.7. The number of rotatable bonds is 8. The second-order valence-electron chi connectivity index (χ2n) is 6.68. The Morgan fingerprint density at radius 3 is 2.30 bits per heavy atom. The molecule has 1 N–H and O–H groups in total. The van der Waals surface area contributed by atoms with Gasteiger partial charge in [0.1, 0.15) is 18.0 Å². The Labute approximate surface area is 158 Å². The number of benzene rings is 1. The molecule has 0 saturated carbocycles. The molecule has 0 aliphatic rings. The molecule has 0 saturated heterocycles. The van der Waals surface area contributed by atoms with E-state index in [9.17, 15) is 4.79 Å². The lowest BCUT2D eigenvalue weighted by molar-refractivity contribution is 0.0489. The summed E-state index contributed by atoms with van der Waals surface area (Å²) in [6.07, 6.45) is -0.453.